The smallest absolute Gasteiger partial charge is 0.0862 e. The molecule has 76 valence electrons. The Morgan fingerprint density at radius 1 is 1.14 bits per heavy atom. The Balaban J connectivity index is 1.76. The third-order valence-electron chi connectivity index (χ3n) is 3.18. The van der Waals surface area contributed by atoms with Crippen LogP contribution in [0.15, 0.2) is 30.3 Å². The maximum absolute atomic E-state index is 2.53. The molecule has 0 aromatic heterocycles. The summed E-state index contributed by atoms with van der Waals surface area (Å²) in [5.74, 6) is 0. The second-order valence-electron chi connectivity index (χ2n) is 4.30. The van der Waals surface area contributed by atoms with Gasteiger partial charge >= 0.3 is 0 Å². The summed E-state index contributed by atoms with van der Waals surface area (Å²) in [6, 6.07) is 11.7. The number of nitrogens with two attached hydrogens (primary N) is 1. The minimum absolute atomic E-state index is 0.893. The highest BCUT2D eigenvalue weighted by Gasteiger charge is 2.15. The van der Waals surface area contributed by atoms with Crippen LogP contribution in [0.1, 0.15) is 31.2 Å². The van der Waals surface area contributed by atoms with Gasteiger partial charge in [0.1, 0.15) is 0 Å². The van der Waals surface area contributed by atoms with Gasteiger partial charge in [-0.2, -0.15) is 0 Å². The maximum Gasteiger partial charge on any atom is 0.0862 e. The minimum Gasteiger partial charge on any atom is -0.344 e. The predicted molar refractivity (Wildman–Crippen MR) is 59.2 cm³/mol. The lowest BCUT2D eigenvalue weighted by molar-refractivity contribution is -0.697. The third-order valence-corrected chi connectivity index (χ3v) is 3.18. The van der Waals surface area contributed by atoms with E-state index >= 15 is 0 Å². The molecule has 2 N–H and O–H groups in total. The third kappa shape index (κ3) is 2.85. The largest absolute Gasteiger partial charge is 0.344 e. The first-order chi connectivity index (χ1) is 6.95. The normalized spacial score (nSPS) is 22.1. The summed E-state index contributed by atoms with van der Waals surface area (Å²) in [4.78, 5) is 0. The predicted octanol–water partition coefficient (Wildman–Crippen LogP) is 1.74. The maximum atomic E-state index is 2.53. The highest BCUT2D eigenvalue weighted by Crippen LogP contribution is 2.09. The summed E-state index contributed by atoms with van der Waals surface area (Å²) in [5, 5.41) is 2.53. The Bertz CT molecular complexity index is 249. The molecule has 1 atom stereocenters. The molecule has 1 aliphatic rings. The van der Waals surface area contributed by atoms with Crippen molar-refractivity contribution in [3.05, 3.63) is 35.9 Å². The van der Waals surface area contributed by atoms with Crippen molar-refractivity contribution < 1.29 is 5.32 Å². The lowest BCUT2D eigenvalue weighted by atomic mass is 9.98. The monoisotopic (exact) mass is 190 g/mol. The van der Waals surface area contributed by atoms with Crippen LogP contribution in [0.4, 0.5) is 0 Å². The summed E-state index contributed by atoms with van der Waals surface area (Å²) in [6.07, 6.45) is 6.89. The number of benzene rings is 1. The number of piperidine rings is 1. The molecule has 1 saturated heterocycles. The van der Waals surface area contributed by atoms with Crippen LogP contribution in [0.3, 0.4) is 0 Å². The lowest BCUT2D eigenvalue weighted by Crippen LogP contribution is -2.91. The first-order valence-corrected chi connectivity index (χ1v) is 5.82. The van der Waals surface area contributed by atoms with E-state index in [4.69, 9.17) is 0 Å². The minimum atomic E-state index is 0.893. The van der Waals surface area contributed by atoms with E-state index in [9.17, 15) is 0 Å². The van der Waals surface area contributed by atoms with Crippen LogP contribution in [0.25, 0.3) is 0 Å². The van der Waals surface area contributed by atoms with Crippen molar-refractivity contribution >= 4 is 0 Å². The average molecular weight is 190 g/mol. The molecule has 14 heavy (non-hydrogen) atoms. The molecule has 2 rings (SSSR count). The van der Waals surface area contributed by atoms with E-state index in [0.717, 1.165) is 6.04 Å². The Hall–Kier alpha value is -0.820. The van der Waals surface area contributed by atoms with E-state index in [1.807, 2.05) is 0 Å². The van der Waals surface area contributed by atoms with E-state index in [0.29, 0.717) is 0 Å². The Labute approximate surface area is 86.5 Å². The molecule has 0 aliphatic carbocycles. The molecular formula is C13H20N+. The van der Waals surface area contributed by atoms with Gasteiger partial charge in [-0.3, -0.25) is 0 Å². The van der Waals surface area contributed by atoms with Crippen molar-refractivity contribution in [2.75, 3.05) is 6.54 Å². The van der Waals surface area contributed by atoms with Crippen molar-refractivity contribution in [3.8, 4) is 0 Å². The number of hydrogen-bond acceptors (Lipinski definition) is 0. The number of aryl methyl sites for hydroxylation is 1. The van der Waals surface area contributed by atoms with E-state index < -0.39 is 0 Å². The molecule has 1 nitrogen and oxygen atoms in total. The summed E-state index contributed by atoms with van der Waals surface area (Å²) in [7, 11) is 0. The molecule has 1 aromatic rings. The SMILES string of the molecule is c1ccc(CC[C@@H]2CCCC[NH2+]2)cc1. The number of rotatable bonds is 3. The van der Waals surface area contributed by atoms with Crippen LogP contribution >= 0.6 is 0 Å². The van der Waals surface area contributed by atoms with E-state index in [2.05, 4.69) is 35.6 Å². The van der Waals surface area contributed by atoms with E-state index in [1.165, 1.54) is 44.2 Å². The lowest BCUT2D eigenvalue weighted by Gasteiger charge is -2.19. The molecule has 0 amide bonds. The molecule has 0 saturated carbocycles. The first-order valence-electron chi connectivity index (χ1n) is 5.82. The van der Waals surface area contributed by atoms with Gasteiger partial charge in [-0.15, -0.1) is 0 Å². The Morgan fingerprint density at radius 2 is 2.00 bits per heavy atom. The number of hydrogen-bond donors (Lipinski definition) is 1. The van der Waals surface area contributed by atoms with Gasteiger partial charge in [0.15, 0.2) is 0 Å². The van der Waals surface area contributed by atoms with Crippen LogP contribution in [0, 0.1) is 0 Å². The summed E-state index contributed by atoms with van der Waals surface area (Å²) in [5.41, 5.74) is 1.49. The molecule has 1 heterocycles. The van der Waals surface area contributed by atoms with Crippen LogP contribution in [-0.4, -0.2) is 12.6 Å². The van der Waals surface area contributed by atoms with Crippen LogP contribution in [0.5, 0.6) is 0 Å². The zero-order chi connectivity index (χ0) is 9.64. The van der Waals surface area contributed by atoms with Gasteiger partial charge in [-0.05, 0) is 31.2 Å². The van der Waals surface area contributed by atoms with Gasteiger partial charge in [0.25, 0.3) is 0 Å². The second-order valence-corrected chi connectivity index (χ2v) is 4.30. The fourth-order valence-corrected chi connectivity index (χ4v) is 2.28. The van der Waals surface area contributed by atoms with Crippen molar-refractivity contribution in [3.63, 3.8) is 0 Å². The zero-order valence-electron chi connectivity index (χ0n) is 8.78. The molecule has 1 heteroatoms. The van der Waals surface area contributed by atoms with Crippen molar-refractivity contribution in [2.45, 2.75) is 38.1 Å². The van der Waals surface area contributed by atoms with Crippen molar-refractivity contribution in [2.24, 2.45) is 0 Å². The average Bonchev–Trinajstić information content (AvgIpc) is 2.29. The highest BCUT2D eigenvalue weighted by molar-refractivity contribution is 5.14. The van der Waals surface area contributed by atoms with Gasteiger partial charge in [0.2, 0.25) is 0 Å². The van der Waals surface area contributed by atoms with Gasteiger partial charge in [0, 0.05) is 6.42 Å². The summed E-state index contributed by atoms with van der Waals surface area (Å²) in [6.45, 7) is 1.35. The Morgan fingerprint density at radius 3 is 2.71 bits per heavy atom. The fraction of sp³-hybridized carbons (Fsp3) is 0.538. The summed E-state index contributed by atoms with van der Waals surface area (Å²) >= 11 is 0. The van der Waals surface area contributed by atoms with Crippen molar-refractivity contribution in [1.82, 2.24) is 0 Å². The molecule has 1 aliphatic heterocycles. The van der Waals surface area contributed by atoms with E-state index in [-0.39, 0.29) is 0 Å². The first kappa shape index (κ1) is 9.72. The van der Waals surface area contributed by atoms with Gasteiger partial charge in [-0.1, -0.05) is 30.3 Å². The Kier molecular flexibility index (Phi) is 3.58. The topological polar surface area (TPSA) is 16.6 Å². The van der Waals surface area contributed by atoms with Crippen molar-refractivity contribution in [1.29, 1.82) is 0 Å². The van der Waals surface area contributed by atoms with Crippen LogP contribution < -0.4 is 5.32 Å². The molecule has 1 aromatic carbocycles. The molecule has 0 spiro atoms. The molecular weight excluding hydrogens is 170 g/mol. The van der Waals surface area contributed by atoms with E-state index in [1.54, 1.807) is 0 Å². The summed E-state index contributed by atoms with van der Waals surface area (Å²) < 4.78 is 0. The standard InChI is InChI=1S/C13H19N/c1-2-6-12(7-3-1)9-10-13-8-4-5-11-14-13/h1-3,6-7,13-14H,4-5,8-11H2/p+1/t13-/m0/s1. The zero-order valence-corrected chi connectivity index (χ0v) is 8.78. The fourth-order valence-electron chi connectivity index (χ4n) is 2.28. The number of quaternary nitrogens is 1. The second kappa shape index (κ2) is 5.16. The molecule has 0 bridgehead atoms. The van der Waals surface area contributed by atoms with Gasteiger partial charge < -0.3 is 5.32 Å². The van der Waals surface area contributed by atoms with Crippen LogP contribution in [0.2, 0.25) is 0 Å². The molecule has 0 radical (unpaired) electrons. The van der Waals surface area contributed by atoms with Gasteiger partial charge in [0.05, 0.1) is 12.6 Å². The quantitative estimate of drug-likeness (QED) is 0.747. The van der Waals surface area contributed by atoms with Crippen LogP contribution in [-0.2, 0) is 6.42 Å². The van der Waals surface area contributed by atoms with Gasteiger partial charge in [-0.25, -0.2) is 0 Å². The highest BCUT2D eigenvalue weighted by atomic mass is 14.9. The molecule has 1 fully saturated rings. The molecule has 0 unspecified atom stereocenters.